The highest BCUT2D eigenvalue weighted by Gasteiger charge is 2.28. The molecule has 2 unspecified atom stereocenters. The second-order valence-corrected chi connectivity index (χ2v) is 4.92. The van der Waals surface area contributed by atoms with Crippen molar-refractivity contribution in [3.05, 3.63) is 59.7 Å². The van der Waals surface area contributed by atoms with E-state index in [-0.39, 0.29) is 6.10 Å². The smallest absolute Gasteiger partial charge is 0.127 e. The van der Waals surface area contributed by atoms with Crippen LogP contribution in [-0.2, 0) is 6.42 Å². The quantitative estimate of drug-likeness (QED) is 0.823. The molecule has 0 spiro atoms. The average molecular weight is 240 g/mol. The first kappa shape index (κ1) is 11.1. The molecule has 2 nitrogen and oxygen atoms in total. The van der Waals surface area contributed by atoms with Crippen molar-refractivity contribution in [3.8, 4) is 11.5 Å². The SMILES string of the molecule is CC1Cc2cc(O)ccc2OC1c1ccccc1. The number of fused-ring (bicyclic) bond motifs is 1. The van der Waals surface area contributed by atoms with Crippen LogP contribution in [0.1, 0.15) is 24.2 Å². The fourth-order valence-corrected chi connectivity index (χ4v) is 2.59. The van der Waals surface area contributed by atoms with Gasteiger partial charge >= 0.3 is 0 Å². The van der Waals surface area contributed by atoms with Crippen LogP contribution in [-0.4, -0.2) is 5.11 Å². The van der Waals surface area contributed by atoms with Crippen molar-refractivity contribution in [3.63, 3.8) is 0 Å². The van der Waals surface area contributed by atoms with Gasteiger partial charge in [0.25, 0.3) is 0 Å². The number of hydrogen-bond donors (Lipinski definition) is 1. The van der Waals surface area contributed by atoms with Gasteiger partial charge in [0.1, 0.15) is 17.6 Å². The van der Waals surface area contributed by atoms with Gasteiger partial charge in [-0.2, -0.15) is 0 Å². The Labute approximate surface area is 107 Å². The molecule has 2 heteroatoms. The Balaban J connectivity index is 1.95. The maximum atomic E-state index is 9.50. The zero-order valence-corrected chi connectivity index (χ0v) is 10.3. The summed E-state index contributed by atoms with van der Waals surface area (Å²) in [7, 11) is 0. The maximum Gasteiger partial charge on any atom is 0.127 e. The molecule has 2 aromatic carbocycles. The largest absolute Gasteiger partial charge is 0.508 e. The van der Waals surface area contributed by atoms with E-state index >= 15 is 0 Å². The molecular formula is C16H16O2. The molecule has 3 rings (SSSR count). The van der Waals surface area contributed by atoms with Gasteiger partial charge in [-0.05, 0) is 35.7 Å². The van der Waals surface area contributed by atoms with E-state index in [1.165, 1.54) is 5.56 Å². The predicted octanol–water partition coefficient (Wildman–Crippen LogP) is 3.70. The maximum absolute atomic E-state index is 9.50. The molecule has 2 aromatic rings. The lowest BCUT2D eigenvalue weighted by molar-refractivity contribution is 0.123. The summed E-state index contributed by atoms with van der Waals surface area (Å²) in [6.07, 6.45) is 1.03. The van der Waals surface area contributed by atoms with E-state index in [4.69, 9.17) is 4.74 Å². The molecule has 2 atom stereocenters. The first-order valence-electron chi connectivity index (χ1n) is 6.27. The molecule has 1 aliphatic heterocycles. The number of phenolic OH excluding ortho intramolecular Hbond substituents is 1. The zero-order valence-electron chi connectivity index (χ0n) is 10.3. The second kappa shape index (κ2) is 4.37. The topological polar surface area (TPSA) is 29.5 Å². The van der Waals surface area contributed by atoms with E-state index in [0.29, 0.717) is 11.7 Å². The van der Waals surface area contributed by atoms with Crippen LogP contribution in [0.4, 0.5) is 0 Å². The Morgan fingerprint density at radius 1 is 1.11 bits per heavy atom. The van der Waals surface area contributed by atoms with Crippen LogP contribution >= 0.6 is 0 Å². The fourth-order valence-electron chi connectivity index (χ4n) is 2.59. The normalized spacial score (nSPS) is 22.1. The molecule has 18 heavy (non-hydrogen) atoms. The van der Waals surface area contributed by atoms with Gasteiger partial charge in [-0.15, -0.1) is 0 Å². The fraction of sp³-hybridized carbons (Fsp3) is 0.250. The minimum Gasteiger partial charge on any atom is -0.508 e. The Bertz CT molecular complexity index is 548. The molecule has 1 N–H and O–H groups in total. The molecule has 0 amide bonds. The first-order valence-corrected chi connectivity index (χ1v) is 6.27. The number of aromatic hydroxyl groups is 1. The van der Waals surface area contributed by atoms with Crippen LogP contribution in [0.2, 0.25) is 0 Å². The number of hydrogen-bond acceptors (Lipinski definition) is 2. The third-order valence-electron chi connectivity index (χ3n) is 3.48. The van der Waals surface area contributed by atoms with Crippen LogP contribution in [0.15, 0.2) is 48.5 Å². The summed E-state index contributed by atoms with van der Waals surface area (Å²) < 4.78 is 6.07. The van der Waals surface area contributed by atoms with Gasteiger partial charge in [0.05, 0.1) is 0 Å². The van der Waals surface area contributed by atoms with Crippen molar-refractivity contribution in [2.45, 2.75) is 19.4 Å². The summed E-state index contributed by atoms with van der Waals surface area (Å²) in [5.74, 6) is 1.60. The van der Waals surface area contributed by atoms with Crippen molar-refractivity contribution >= 4 is 0 Å². The van der Waals surface area contributed by atoms with Crippen LogP contribution in [0.25, 0.3) is 0 Å². The Morgan fingerprint density at radius 3 is 2.67 bits per heavy atom. The lowest BCUT2D eigenvalue weighted by Crippen LogP contribution is -2.23. The monoisotopic (exact) mass is 240 g/mol. The van der Waals surface area contributed by atoms with E-state index in [1.54, 1.807) is 12.1 Å². The molecule has 0 saturated heterocycles. The number of ether oxygens (including phenoxy) is 1. The van der Waals surface area contributed by atoms with Gasteiger partial charge in [0.15, 0.2) is 0 Å². The van der Waals surface area contributed by atoms with E-state index in [0.717, 1.165) is 17.7 Å². The van der Waals surface area contributed by atoms with Crippen molar-refractivity contribution in [2.75, 3.05) is 0 Å². The van der Waals surface area contributed by atoms with Gasteiger partial charge in [-0.25, -0.2) is 0 Å². The van der Waals surface area contributed by atoms with Gasteiger partial charge in [-0.3, -0.25) is 0 Å². The van der Waals surface area contributed by atoms with Crippen molar-refractivity contribution in [1.82, 2.24) is 0 Å². The Kier molecular flexibility index (Phi) is 2.71. The van der Waals surface area contributed by atoms with E-state index in [9.17, 15) is 5.11 Å². The molecular weight excluding hydrogens is 224 g/mol. The number of benzene rings is 2. The van der Waals surface area contributed by atoms with E-state index in [1.807, 2.05) is 24.3 Å². The lowest BCUT2D eigenvalue weighted by Gasteiger charge is -2.32. The Hall–Kier alpha value is -1.96. The van der Waals surface area contributed by atoms with Crippen LogP contribution in [0.3, 0.4) is 0 Å². The molecule has 1 aliphatic rings. The molecule has 1 heterocycles. The van der Waals surface area contributed by atoms with Crippen LogP contribution < -0.4 is 4.74 Å². The van der Waals surface area contributed by atoms with Crippen molar-refractivity contribution < 1.29 is 9.84 Å². The predicted molar refractivity (Wildman–Crippen MR) is 70.8 cm³/mol. The standard InChI is InChI=1S/C16H16O2/c1-11-9-13-10-14(17)7-8-15(13)18-16(11)12-5-3-2-4-6-12/h2-8,10-11,16-17H,9H2,1H3. The number of rotatable bonds is 1. The zero-order chi connectivity index (χ0) is 12.5. The summed E-state index contributed by atoms with van der Waals surface area (Å²) in [5, 5.41) is 9.50. The summed E-state index contributed by atoms with van der Waals surface area (Å²) in [6.45, 7) is 2.19. The second-order valence-electron chi connectivity index (χ2n) is 4.92. The van der Waals surface area contributed by atoms with Crippen LogP contribution in [0.5, 0.6) is 11.5 Å². The third kappa shape index (κ3) is 1.94. The van der Waals surface area contributed by atoms with Crippen molar-refractivity contribution in [2.24, 2.45) is 5.92 Å². The van der Waals surface area contributed by atoms with Gasteiger partial charge in [-0.1, -0.05) is 37.3 Å². The molecule has 0 aromatic heterocycles. The molecule has 0 bridgehead atoms. The average Bonchev–Trinajstić information content (AvgIpc) is 2.39. The van der Waals surface area contributed by atoms with Gasteiger partial charge < -0.3 is 9.84 Å². The van der Waals surface area contributed by atoms with Crippen LogP contribution in [0, 0.1) is 5.92 Å². The third-order valence-corrected chi connectivity index (χ3v) is 3.48. The highest BCUT2D eigenvalue weighted by Crippen LogP contribution is 2.39. The summed E-state index contributed by atoms with van der Waals surface area (Å²) in [6, 6.07) is 15.6. The van der Waals surface area contributed by atoms with Crippen molar-refractivity contribution in [1.29, 1.82) is 0 Å². The summed E-state index contributed by atoms with van der Waals surface area (Å²) in [4.78, 5) is 0. The number of phenols is 1. The van der Waals surface area contributed by atoms with Gasteiger partial charge in [0, 0.05) is 5.92 Å². The first-order chi connectivity index (χ1) is 8.74. The lowest BCUT2D eigenvalue weighted by atomic mass is 9.88. The molecule has 0 radical (unpaired) electrons. The molecule has 0 saturated carbocycles. The van der Waals surface area contributed by atoms with E-state index in [2.05, 4.69) is 19.1 Å². The highest BCUT2D eigenvalue weighted by atomic mass is 16.5. The minimum absolute atomic E-state index is 0.100. The summed E-state index contributed by atoms with van der Waals surface area (Å²) in [5.41, 5.74) is 2.30. The van der Waals surface area contributed by atoms with Gasteiger partial charge in [0.2, 0.25) is 0 Å². The van der Waals surface area contributed by atoms with E-state index < -0.39 is 0 Å². The molecule has 0 fully saturated rings. The minimum atomic E-state index is 0.100. The Morgan fingerprint density at radius 2 is 1.89 bits per heavy atom. The molecule has 92 valence electrons. The molecule has 0 aliphatic carbocycles. The summed E-state index contributed by atoms with van der Waals surface area (Å²) >= 11 is 0. The highest BCUT2D eigenvalue weighted by molar-refractivity contribution is 5.42.